The highest BCUT2D eigenvalue weighted by Crippen LogP contribution is 2.28. The lowest BCUT2D eigenvalue weighted by molar-refractivity contribution is 0.100. The molecule has 4 aromatic rings. The topological polar surface area (TPSA) is 78.9 Å². The van der Waals surface area contributed by atoms with Crippen molar-refractivity contribution in [3.8, 4) is 11.3 Å². The van der Waals surface area contributed by atoms with Crippen LogP contribution in [0.2, 0.25) is 0 Å². The first-order valence-corrected chi connectivity index (χ1v) is 10.8. The highest BCUT2D eigenvalue weighted by atomic mass is 16.1. The van der Waals surface area contributed by atoms with Crippen LogP contribution in [0.25, 0.3) is 16.9 Å². The Kier molecular flexibility index (Phi) is 5.25. The van der Waals surface area contributed by atoms with Crippen LogP contribution in [0.15, 0.2) is 73.1 Å². The molecule has 0 bridgehead atoms. The SMILES string of the molecule is CN1CCN(c2ccc(Nc3ccc(-c4ccc(C(N)=O)cc4)n4ccnc34)cc2)CC1. The van der Waals surface area contributed by atoms with Gasteiger partial charge in [-0.15, -0.1) is 0 Å². The molecule has 0 saturated carbocycles. The molecule has 5 rings (SSSR count). The molecule has 0 atom stereocenters. The molecule has 1 aliphatic rings. The smallest absolute Gasteiger partial charge is 0.248 e. The van der Waals surface area contributed by atoms with Crippen molar-refractivity contribution in [2.45, 2.75) is 0 Å². The van der Waals surface area contributed by atoms with Gasteiger partial charge in [0.2, 0.25) is 5.91 Å². The molecule has 0 aliphatic carbocycles. The van der Waals surface area contributed by atoms with Crippen LogP contribution in [0.1, 0.15) is 10.4 Å². The van der Waals surface area contributed by atoms with E-state index in [2.05, 4.69) is 57.5 Å². The van der Waals surface area contributed by atoms with E-state index in [-0.39, 0.29) is 0 Å². The maximum absolute atomic E-state index is 11.4. The van der Waals surface area contributed by atoms with Gasteiger partial charge in [-0.25, -0.2) is 4.98 Å². The number of nitrogens with one attached hydrogen (secondary N) is 1. The highest BCUT2D eigenvalue weighted by Gasteiger charge is 2.14. The van der Waals surface area contributed by atoms with Crippen LogP contribution in [-0.4, -0.2) is 53.4 Å². The van der Waals surface area contributed by atoms with Crippen LogP contribution < -0.4 is 16.0 Å². The Morgan fingerprint density at radius 2 is 1.66 bits per heavy atom. The number of hydrogen-bond acceptors (Lipinski definition) is 5. The predicted molar refractivity (Wildman–Crippen MR) is 129 cm³/mol. The third-order valence-corrected chi connectivity index (χ3v) is 6.03. The number of piperazine rings is 1. The summed E-state index contributed by atoms with van der Waals surface area (Å²) < 4.78 is 2.04. The normalized spacial score (nSPS) is 14.6. The first-order chi connectivity index (χ1) is 15.6. The molecule has 7 heteroatoms. The summed E-state index contributed by atoms with van der Waals surface area (Å²) in [5.41, 5.74) is 11.9. The number of benzene rings is 2. The van der Waals surface area contributed by atoms with Gasteiger partial charge in [-0.1, -0.05) is 12.1 Å². The fourth-order valence-corrected chi connectivity index (χ4v) is 4.13. The van der Waals surface area contributed by atoms with Crippen molar-refractivity contribution < 1.29 is 4.79 Å². The maximum atomic E-state index is 11.4. The Hall–Kier alpha value is -3.84. The van der Waals surface area contributed by atoms with E-state index in [0.717, 1.165) is 54.5 Å². The Labute approximate surface area is 187 Å². The number of nitrogens with zero attached hydrogens (tertiary/aromatic N) is 4. The number of rotatable bonds is 5. The molecule has 1 aliphatic heterocycles. The van der Waals surface area contributed by atoms with Gasteiger partial charge in [0.1, 0.15) is 0 Å². The lowest BCUT2D eigenvalue weighted by Crippen LogP contribution is -2.44. The number of carbonyl (C=O) groups is 1. The first-order valence-electron chi connectivity index (χ1n) is 10.8. The Morgan fingerprint density at radius 3 is 2.34 bits per heavy atom. The minimum absolute atomic E-state index is 0.428. The lowest BCUT2D eigenvalue weighted by atomic mass is 10.1. The average molecular weight is 427 g/mol. The number of nitrogens with two attached hydrogens (primary N) is 1. The number of carbonyl (C=O) groups excluding carboxylic acids is 1. The zero-order chi connectivity index (χ0) is 22.1. The van der Waals surface area contributed by atoms with E-state index in [1.54, 1.807) is 18.3 Å². The van der Waals surface area contributed by atoms with Gasteiger partial charge in [-0.3, -0.25) is 9.20 Å². The first kappa shape index (κ1) is 20.1. The van der Waals surface area contributed by atoms with Crippen molar-refractivity contribution in [3.05, 3.63) is 78.6 Å². The average Bonchev–Trinajstić information content (AvgIpc) is 3.31. The second kappa shape index (κ2) is 8.36. The number of aromatic nitrogens is 2. The van der Waals surface area contributed by atoms with Gasteiger partial charge < -0.3 is 20.9 Å². The van der Waals surface area contributed by atoms with Crippen molar-refractivity contribution in [2.75, 3.05) is 43.4 Å². The van der Waals surface area contributed by atoms with Crippen LogP contribution in [0.4, 0.5) is 17.1 Å². The number of amides is 1. The zero-order valence-electron chi connectivity index (χ0n) is 18.0. The number of primary amides is 1. The zero-order valence-corrected chi connectivity index (χ0v) is 18.0. The number of hydrogen-bond donors (Lipinski definition) is 2. The van der Waals surface area contributed by atoms with E-state index in [9.17, 15) is 4.79 Å². The second-order valence-corrected chi connectivity index (χ2v) is 8.16. The molecule has 2 aromatic heterocycles. The molecule has 0 radical (unpaired) electrons. The molecule has 0 spiro atoms. The predicted octanol–water partition coefficient (Wildman–Crippen LogP) is 3.60. The summed E-state index contributed by atoms with van der Waals surface area (Å²) in [6, 6.07) is 20.0. The van der Waals surface area contributed by atoms with Crippen LogP contribution in [0.5, 0.6) is 0 Å². The van der Waals surface area contributed by atoms with E-state index in [0.29, 0.717) is 5.56 Å². The summed E-state index contributed by atoms with van der Waals surface area (Å²) in [5.74, 6) is -0.428. The summed E-state index contributed by atoms with van der Waals surface area (Å²) in [6.45, 7) is 4.30. The molecule has 3 heterocycles. The van der Waals surface area contributed by atoms with Gasteiger partial charge in [-0.05, 0) is 61.1 Å². The molecule has 0 unspecified atom stereocenters. The van der Waals surface area contributed by atoms with Crippen LogP contribution in [-0.2, 0) is 0 Å². The third-order valence-electron chi connectivity index (χ3n) is 6.03. The van der Waals surface area contributed by atoms with Gasteiger partial charge >= 0.3 is 0 Å². The summed E-state index contributed by atoms with van der Waals surface area (Å²) >= 11 is 0. The van der Waals surface area contributed by atoms with Gasteiger partial charge in [0.15, 0.2) is 5.65 Å². The van der Waals surface area contributed by atoms with Crippen molar-refractivity contribution in [1.29, 1.82) is 0 Å². The third kappa shape index (κ3) is 3.90. The molecule has 1 saturated heterocycles. The number of fused-ring (bicyclic) bond motifs is 1. The fraction of sp³-hybridized carbons (Fsp3) is 0.200. The van der Waals surface area contributed by atoms with Crippen LogP contribution >= 0.6 is 0 Å². The quantitative estimate of drug-likeness (QED) is 0.510. The fourth-order valence-electron chi connectivity index (χ4n) is 4.13. The van der Waals surface area contributed by atoms with Gasteiger partial charge in [-0.2, -0.15) is 0 Å². The molecular formula is C25H26N6O. The second-order valence-electron chi connectivity index (χ2n) is 8.16. The van der Waals surface area contributed by atoms with E-state index in [1.807, 2.05) is 28.8 Å². The highest BCUT2D eigenvalue weighted by molar-refractivity contribution is 5.93. The summed E-state index contributed by atoms with van der Waals surface area (Å²) in [4.78, 5) is 20.7. The summed E-state index contributed by atoms with van der Waals surface area (Å²) in [6.07, 6.45) is 3.73. The molecule has 32 heavy (non-hydrogen) atoms. The molecule has 1 amide bonds. The van der Waals surface area contributed by atoms with E-state index >= 15 is 0 Å². The largest absolute Gasteiger partial charge is 0.369 e. The Morgan fingerprint density at radius 1 is 0.938 bits per heavy atom. The Balaban J connectivity index is 1.38. The van der Waals surface area contributed by atoms with Crippen molar-refractivity contribution in [2.24, 2.45) is 5.73 Å². The number of pyridine rings is 1. The molecule has 2 aromatic carbocycles. The minimum atomic E-state index is -0.428. The van der Waals surface area contributed by atoms with E-state index in [4.69, 9.17) is 5.73 Å². The van der Waals surface area contributed by atoms with E-state index in [1.165, 1.54) is 5.69 Å². The van der Waals surface area contributed by atoms with Gasteiger partial charge in [0.25, 0.3) is 0 Å². The number of likely N-dealkylation sites (N-methyl/N-ethyl adjacent to an activating group) is 1. The minimum Gasteiger partial charge on any atom is -0.369 e. The van der Waals surface area contributed by atoms with Gasteiger partial charge in [0, 0.05) is 55.5 Å². The van der Waals surface area contributed by atoms with Crippen molar-refractivity contribution >= 4 is 28.6 Å². The monoisotopic (exact) mass is 426 g/mol. The van der Waals surface area contributed by atoms with E-state index < -0.39 is 5.91 Å². The summed E-state index contributed by atoms with van der Waals surface area (Å²) in [7, 11) is 2.17. The summed E-state index contributed by atoms with van der Waals surface area (Å²) in [5, 5.41) is 3.50. The molecule has 1 fully saturated rings. The van der Waals surface area contributed by atoms with Gasteiger partial charge in [0.05, 0.1) is 11.4 Å². The van der Waals surface area contributed by atoms with Crippen LogP contribution in [0, 0.1) is 0 Å². The van der Waals surface area contributed by atoms with Crippen molar-refractivity contribution in [1.82, 2.24) is 14.3 Å². The number of anilines is 3. The van der Waals surface area contributed by atoms with Crippen molar-refractivity contribution in [3.63, 3.8) is 0 Å². The standard InChI is InChI=1S/C25H26N6O/c1-29-14-16-30(17-15-29)21-8-6-20(7-9-21)28-22-10-11-23(31-13-12-27-25(22)31)18-2-4-19(5-3-18)24(26)32/h2-13,28H,14-17H2,1H3,(H2,26,32). The molecule has 162 valence electrons. The number of imidazole rings is 1. The molecular weight excluding hydrogens is 400 g/mol. The van der Waals surface area contributed by atoms with Crippen LogP contribution in [0.3, 0.4) is 0 Å². The maximum Gasteiger partial charge on any atom is 0.248 e. The lowest BCUT2D eigenvalue weighted by Gasteiger charge is -2.34. The molecule has 7 nitrogen and oxygen atoms in total. The Bertz CT molecular complexity index is 1240. The molecule has 3 N–H and O–H groups in total.